The van der Waals surface area contributed by atoms with Gasteiger partial charge in [0.05, 0.1) is 11.3 Å². The van der Waals surface area contributed by atoms with Crippen LogP contribution in [0, 0.1) is 12.3 Å². The predicted molar refractivity (Wildman–Crippen MR) is 76.2 cm³/mol. The van der Waals surface area contributed by atoms with E-state index in [9.17, 15) is 9.59 Å². The number of carboxylic acids is 1. The van der Waals surface area contributed by atoms with Gasteiger partial charge in [-0.25, -0.2) is 9.59 Å². The summed E-state index contributed by atoms with van der Waals surface area (Å²) >= 11 is 3.20. The average molecular weight is 325 g/mol. The number of carbonyl (C=O) groups excluding carboxylic acids is 1. The van der Waals surface area contributed by atoms with Gasteiger partial charge in [-0.2, -0.15) is 0 Å². The monoisotopic (exact) mass is 324 g/mol. The van der Waals surface area contributed by atoms with Gasteiger partial charge in [-0.05, 0) is 41.1 Å². The van der Waals surface area contributed by atoms with Gasteiger partial charge in [-0.3, -0.25) is 0 Å². The van der Waals surface area contributed by atoms with Crippen LogP contribution in [0.3, 0.4) is 0 Å². The standard InChI is InChI=1S/C13H13BrN2O3/c1-3-4-8(2)15-13(19)16-11-6-5-9(12(17)18)7-10(11)14/h1,5-8H,4H2,2H3,(H,17,18)(H2,15,16,19). The molecule has 5 nitrogen and oxygen atoms in total. The van der Waals surface area contributed by atoms with Gasteiger partial charge in [-0.1, -0.05) is 0 Å². The lowest BCUT2D eigenvalue weighted by atomic mass is 10.2. The van der Waals surface area contributed by atoms with E-state index in [-0.39, 0.29) is 11.6 Å². The summed E-state index contributed by atoms with van der Waals surface area (Å²) in [5.41, 5.74) is 0.619. The zero-order valence-electron chi connectivity index (χ0n) is 10.2. The molecule has 0 heterocycles. The Bertz CT molecular complexity index is 537. The summed E-state index contributed by atoms with van der Waals surface area (Å²) in [5.74, 6) is 1.42. The van der Waals surface area contributed by atoms with Gasteiger partial charge >= 0.3 is 12.0 Å². The fourth-order valence-corrected chi connectivity index (χ4v) is 1.84. The van der Waals surface area contributed by atoms with Crippen molar-refractivity contribution in [2.75, 3.05) is 5.32 Å². The fraction of sp³-hybridized carbons (Fsp3) is 0.231. The number of urea groups is 1. The Morgan fingerprint density at radius 2 is 2.21 bits per heavy atom. The maximum absolute atomic E-state index is 11.6. The number of hydrogen-bond acceptors (Lipinski definition) is 2. The molecule has 0 aliphatic rings. The SMILES string of the molecule is C#CCC(C)NC(=O)Nc1ccc(C(=O)O)cc1Br. The topological polar surface area (TPSA) is 78.4 Å². The summed E-state index contributed by atoms with van der Waals surface area (Å²) in [6.07, 6.45) is 5.58. The Morgan fingerprint density at radius 3 is 2.74 bits per heavy atom. The molecule has 1 unspecified atom stereocenters. The normalized spacial score (nSPS) is 11.2. The van der Waals surface area contributed by atoms with Crippen LogP contribution in [0.25, 0.3) is 0 Å². The Hall–Kier alpha value is -2.00. The highest BCUT2D eigenvalue weighted by Crippen LogP contribution is 2.23. The first-order valence-corrected chi connectivity index (χ1v) is 6.27. The van der Waals surface area contributed by atoms with E-state index < -0.39 is 12.0 Å². The second-order valence-corrected chi connectivity index (χ2v) is 4.76. The highest BCUT2D eigenvalue weighted by Gasteiger charge is 2.10. The summed E-state index contributed by atoms with van der Waals surface area (Å²) in [4.78, 5) is 22.4. The number of nitrogens with one attached hydrogen (secondary N) is 2. The number of hydrogen-bond donors (Lipinski definition) is 3. The van der Waals surface area contributed by atoms with Crippen molar-refractivity contribution < 1.29 is 14.7 Å². The lowest BCUT2D eigenvalue weighted by Gasteiger charge is -2.13. The van der Waals surface area contributed by atoms with E-state index >= 15 is 0 Å². The number of benzene rings is 1. The van der Waals surface area contributed by atoms with Gasteiger partial charge < -0.3 is 15.7 Å². The third-order valence-corrected chi connectivity index (χ3v) is 2.92. The quantitative estimate of drug-likeness (QED) is 0.745. The van der Waals surface area contributed by atoms with Crippen LogP contribution in [0.4, 0.5) is 10.5 Å². The van der Waals surface area contributed by atoms with Gasteiger partial charge in [0.1, 0.15) is 0 Å². The highest BCUT2D eigenvalue weighted by atomic mass is 79.9. The maximum atomic E-state index is 11.6. The van der Waals surface area contributed by atoms with Gasteiger partial charge in [0.2, 0.25) is 0 Å². The van der Waals surface area contributed by atoms with Crippen LogP contribution in [-0.2, 0) is 0 Å². The van der Waals surface area contributed by atoms with E-state index in [0.29, 0.717) is 16.6 Å². The molecule has 2 amide bonds. The molecule has 0 radical (unpaired) electrons. The highest BCUT2D eigenvalue weighted by molar-refractivity contribution is 9.10. The maximum Gasteiger partial charge on any atom is 0.335 e. The van der Waals surface area contributed by atoms with Crippen LogP contribution in [0.5, 0.6) is 0 Å². The first-order valence-electron chi connectivity index (χ1n) is 5.48. The number of rotatable bonds is 4. The van der Waals surface area contributed by atoms with Crippen molar-refractivity contribution in [3.63, 3.8) is 0 Å². The van der Waals surface area contributed by atoms with Crippen molar-refractivity contribution in [1.29, 1.82) is 0 Å². The molecule has 0 fully saturated rings. The minimum absolute atomic E-state index is 0.137. The van der Waals surface area contributed by atoms with E-state index in [2.05, 4.69) is 32.5 Å². The molecular formula is C13H13BrN2O3. The molecule has 19 heavy (non-hydrogen) atoms. The Morgan fingerprint density at radius 1 is 1.53 bits per heavy atom. The molecule has 3 N–H and O–H groups in total. The lowest BCUT2D eigenvalue weighted by molar-refractivity contribution is 0.0697. The van der Waals surface area contributed by atoms with E-state index in [4.69, 9.17) is 11.5 Å². The summed E-state index contributed by atoms with van der Waals surface area (Å²) in [5, 5.41) is 14.1. The van der Waals surface area contributed by atoms with Crippen molar-refractivity contribution in [2.24, 2.45) is 0 Å². The first kappa shape index (κ1) is 15.1. The van der Waals surface area contributed by atoms with Crippen LogP contribution in [0.15, 0.2) is 22.7 Å². The molecule has 0 spiro atoms. The third-order valence-electron chi connectivity index (χ3n) is 2.27. The molecule has 0 aromatic heterocycles. The van der Waals surface area contributed by atoms with Crippen LogP contribution in [0.1, 0.15) is 23.7 Å². The number of amides is 2. The first-order chi connectivity index (χ1) is 8.93. The molecule has 0 saturated carbocycles. The summed E-state index contributed by atoms with van der Waals surface area (Å²) in [7, 11) is 0. The largest absolute Gasteiger partial charge is 0.478 e. The molecule has 6 heteroatoms. The molecule has 1 aromatic carbocycles. The molecule has 1 atom stereocenters. The van der Waals surface area contributed by atoms with E-state index in [0.717, 1.165) is 0 Å². The van der Waals surface area contributed by atoms with Crippen LogP contribution < -0.4 is 10.6 Å². The number of anilines is 1. The summed E-state index contributed by atoms with van der Waals surface area (Å²) in [6, 6.07) is 3.81. The van der Waals surface area contributed by atoms with Crippen LogP contribution in [0.2, 0.25) is 0 Å². The molecule has 1 aromatic rings. The van der Waals surface area contributed by atoms with Gasteiger partial charge in [0, 0.05) is 16.9 Å². The summed E-state index contributed by atoms with van der Waals surface area (Å²) < 4.78 is 0.493. The second kappa shape index (κ2) is 6.81. The minimum Gasteiger partial charge on any atom is -0.478 e. The smallest absolute Gasteiger partial charge is 0.335 e. The second-order valence-electron chi connectivity index (χ2n) is 3.91. The van der Waals surface area contributed by atoms with Crippen LogP contribution >= 0.6 is 15.9 Å². The third kappa shape index (κ3) is 4.64. The van der Waals surface area contributed by atoms with Crippen LogP contribution in [-0.4, -0.2) is 23.1 Å². The molecule has 100 valence electrons. The van der Waals surface area contributed by atoms with E-state index in [1.54, 1.807) is 6.92 Å². The minimum atomic E-state index is -1.03. The van der Waals surface area contributed by atoms with Gasteiger partial charge in [0.25, 0.3) is 0 Å². The fourth-order valence-electron chi connectivity index (χ4n) is 1.36. The van der Waals surface area contributed by atoms with Crippen molar-refractivity contribution in [1.82, 2.24) is 5.32 Å². The summed E-state index contributed by atoms with van der Waals surface area (Å²) in [6.45, 7) is 1.79. The number of aromatic carboxylic acids is 1. The molecular weight excluding hydrogens is 312 g/mol. The van der Waals surface area contributed by atoms with E-state index in [1.807, 2.05) is 0 Å². The van der Waals surface area contributed by atoms with E-state index in [1.165, 1.54) is 18.2 Å². The van der Waals surface area contributed by atoms with Gasteiger partial charge in [0.15, 0.2) is 0 Å². The zero-order valence-corrected chi connectivity index (χ0v) is 11.8. The van der Waals surface area contributed by atoms with Gasteiger partial charge in [-0.15, -0.1) is 12.3 Å². The number of carbonyl (C=O) groups is 2. The molecule has 0 aliphatic carbocycles. The molecule has 0 saturated heterocycles. The molecule has 1 rings (SSSR count). The Labute approximate surface area is 119 Å². The van der Waals surface area contributed by atoms with Crippen molar-refractivity contribution in [3.05, 3.63) is 28.2 Å². The van der Waals surface area contributed by atoms with Crippen molar-refractivity contribution in [2.45, 2.75) is 19.4 Å². The number of halogens is 1. The van der Waals surface area contributed by atoms with Crippen molar-refractivity contribution in [3.8, 4) is 12.3 Å². The molecule has 0 bridgehead atoms. The van der Waals surface area contributed by atoms with Crippen molar-refractivity contribution >= 4 is 33.6 Å². The number of terminal acetylenes is 1. The Kier molecular flexibility index (Phi) is 5.39. The lowest BCUT2D eigenvalue weighted by Crippen LogP contribution is -2.35. The average Bonchev–Trinajstić information content (AvgIpc) is 2.31. The predicted octanol–water partition coefficient (Wildman–Crippen LogP) is 2.68. The zero-order chi connectivity index (χ0) is 14.4. The Balaban J connectivity index is 2.70. The number of carboxylic acid groups (broad SMARTS) is 1. The molecule has 0 aliphatic heterocycles.